The van der Waals surface area contributed by atoms with Gasteiger partial charge in [-0.15, -0.1) is 5.10 Å². The van der Waals surface area contributed by atoms with Crippen LogP contribution in [0.2, 0.25) is 0 Å². The van der Waals surface area contributed by atoms with Gasteiger partial charge in [0, 0.05) is 20.2 Å². The third-order valence-corrected chi connectivity index (χ3v) is 2.26. The smallest absolute Gasteiger partial charge is 0.148 e. The third-order valence-electron chi connectivity index (χ3n) is 2.26. The minimum Gasteiger partial charge on any atom is -0.508 e. The number of aromatic nitrogens is 2. The van der Waals surface area contributed by atoms with E-state index in [-0.39, 0.29) is 5.75 Å². The Morgan fingerprint density at radius 1 is 1.25 bits per heavy atom. The molecule has 2 rings (SSSR count). The van der Waals surface area contributed by atoms with Crippen molar-refractivity contribution in [3.05, 3.63) is 30.3 Å². The molecule has 0 fully saturated rings. The van der Waals surface area contributed by atoms with E-state index in [2.05, 4.69) is 5.10 Å². The van der Waals surface area contributed by atoms with Gasteiger partial charge in [-0.05, 0) is 24.3 Å². The molecule has 1 aromatic heterocycles. The summed E-state index contributed by atoms with van der Waals surface area (Å²) in [6, 6.07) is 8.61. The molecule has 0 aliphatic rings. The van der Waals surface area contributed by atoms with E-state index in [0.717, 1.165) is 11.5 Å². The van der Waals surface area contributed by atoms with Gasteiger partial charge < -0.3 is 15.7 Å². The van der Waals surface area contributed by atoms with Crippen molar-refractivity contribution in [1.29, 1.82) is 0 Å². The van der Waals surface area contributed by atoms with E-state index < -0.39 is 0 Å². The van der Waals surface area contributed by atoms with E-state index in [0.29, 0.717) is 5.82 Å². The van der Waals surface area contributed by atoms with E-state index in [4.69, 9.17) is 5.73 Å². The van der Waals surface area contributed by atoms with Crippen LogP contribution in [0, 0.1) is 0 Å². The highest BCUT2D eigenvalue weighted by Gasteiger charge is 2.09. The zero-order chi connectivity index (χ0) is 11.7. The monoisotopic (exact) mass is 218 g/mol. The number of anilines is 2. The zero-order valence-electron chi connectivity index (χ0n) is 9.25. The standard InChI is InChI=1S/C11H14N4O/c1-14(2)11-7-10(12)13-15(11)8-3-5-9(16)6-4-8/h3-7,16H,1-2H3,(H2,12,13). The Balaban J connectivity index is 2.50. The van der Waals surface area contributed by atoms with Gasteiger partial charge in [0.2, 0.25) is 0 Å². The second-order valence-electron chi connectivity index (χ2n) is 3.75. The summed E-state index contributed by atoms with van der Waals surface area (Å²) in [5.74, 6) is 1.59. The number of nitrogens with two attached hydrogens (primary N) is 1. The van der Waals surface area contributed by atoms with E-state index >= 15 is 0 Å². The number of aromatic hydroxyl groups is 1. The number of phenolic OH excluding ortho intramolecular Hbond substituents is 1. The van der Waals surface area contributed by atoms with Gasteiger partial charge in [-0.1, -0.05) is 0 Å². The van der Waals surface area contributed by atoms with Crippen molar-refractivity contribution < 1.29 is 5.11 Å². The molecule has 0 bridgehead atoms. The van der Waals surface area contributed by atoms with Gasteiger partial charge in [0.25, 0.3) is 0 Å². The molecule has 3 N–H and O–H groups in total. The van der Waals surface area contributed by atoms with Crippen molar-refractivity contribution in [2.24, 2.45) is 0 Å². The Morgan fingerprint density at radius 2 is 1.88 bits per heavy atom. The molecular weight excluding hydrogens is 204 g/mol. The van der Waals surface area contributed by atoms with Gasteiger partial charge in [-0.2, -0.15) is 0 Å². The molecule has 1 aromatic carbocycles. The van der Waals surface area contributed by atoms with Crippen molar-refractivity contribution in [3.63, 3.8) is 0 Å². The highest BCUT2D eigenvalue weighted by molar-refractivity contribution is 5.53. The fourth-order valence-electron chi connectivity index (χ4n) is 1.49. The molecule has 2 aromatic rings. The Bertz CT molecular complexity index is 487. The highest BCUT2D eigenvalue weighted by Crippen LogP contribution is 2.21. The van der Waals surface area contributed by atoms with Crippen LogP contribution in [0.4, 0.5) is 11.6 Å². The lowest BCUT2D eigenvalue weighted by molar-refractivity contribution is 0.475. The Morgan fingerprint density at radius 3 is 2.44 bits per heavy atom. The molecule has 1 heterocycles. The number of nitrogens with zero attached hydrogens (tertiary/aromatic N) is 3. The lowest BCUT2D eigenvalue weighted by Gasteiger charge is -2.14. The summed E-state index contributed by atoms with van der Waals surface area (Å²) in [5.41, 5.74) is 6.54. The number of nitrogen functional groups attached to an aromatic ring is 1. The Labute approximate surface area is 93.7 Å². The quantitative estimate of drug-likeness (QED) is 0.795. The van der Waals surface area contributed by atoms with Crippen molar-refractivity contribution in [1.82, 2.24) is 9.78 Å². The first-order valence-corrected chi connectivity index (χ1v) is 4.90. The number of hydrogen-bond donors (Lipinski definition) is 2. The predicted molar refractivity (Wildman–Crippen MR) is 64.0 cm³/mol. The van der Waals surface area contributed by atoms with Crippen LogP contribution in [0.25, 0.3) is 5.69 Å². The normalized spacial score (nSPS) is 10.4. The second-order valence-corrected chi connectivity index (χ2v) is 3.75. The summed E-state index contributed by atoms with van der Waals surface area (Å²) >= 11 is 0. The van der Waals surface area contributed by atoms with E-state index in [1.807, 2.05) is 19.0 Å². The first kappa shape index (κ1) is 10.4. The van der Waals surface area contributed by atoms with Crippen LogP contribution in [-0.2, 0) is 0 Å². The number of phenols is 1. The summed E-state index contributed by atoms with van der Waals surface area (Å²) < 4.78 is 1.73. The van der Waals surface area contributed by atoms with Gasteiger partial charge >= 0.3 is 0 Å². The first-order chi connectivity index (χ1) is 7.58. The fourth-order valence-corrected chi connectivity index (χ4v) is 1.49. The number of hydrogen-bond acceptors (Lipinski definition) is 4. The van der Waals surface area contributed by atoms with Crippen LogP contribution in [0.1, 0.15) is 0 Å². The lowest BCUT2D eigenvalue weighted by atomic mass is 10.3. The Kier molecular flexibility index (Phi) is 2.44. The summed E-state index contributed by atoms with van der Waals surface area (Å²) in [6.07, 6.45) is 0. The molecule has 0 unspecified atom stereocenters. The molecule has 0 atom stereocenters. The maximum absolute atomic E-state index is 9.22. The van der Waals surface area contributed by atoms with Gasteiger partial charge in [-0.25, -0.2) is 4.68 Å². The molecule has 0 spiro atoms. The average molecular weight is 218 g/mol. The molecular formula is C11H14N4O. The maximum atomic E-state index is 9.22. The van der Waals surface area contributed by atoms with Gasteiger partial charge in [0.1, 0.15) is 17.4 Å². The molecule has 16 heavy (non-hydrogen) atoms. The van der Waals surface area contributed by atoms with Crippen LogP contribution >= 0.6 is 0 Å². The minimum atomic E-state index is 0.232. The summed E-state index contributed by atoms with van der Waals surface area (Å²) in [6.45, 7) is 0. The van der Waals surface area contributed by atoms with Gasteiger partial charge in [0.15, 0.2) is 0 Å². The predicted octanol–water partition coefficient (Wildman–Crippen LogP) is 1.23. The van der Waals surface area contributed by atoms with Crippen LogP contribution < -0.4 is 10.6 Å². The summed E-state index contributed by atoms with van der Waals surface area (Å²) in [7, 11) is 3.85. The van der Waals surface area contributed by atoms with Crippen LogP contribution in [0.3, 0.4) is 0 Å². The molecule has 0 aliphatic carbocycles. The van der Waals surface area contributed by atoms with E-state index in [1.54, 1.807) is 35.0 Å². The molecule has 5 nitrogen and oxygen atoms in total. The summed E-state index contributed by atoms with van der Waals surface area (Å²) in [4.78, 5) is 1.93. The first-order valence-electron chi connectivity index (χ1n) is 4.90. The van der Waals surface area contributed by atoms with Crippen LogP contribution in [-0.4, -0.2) is 29.0 Å². The van der Waals surface area contributed by atoms with Gasteiger partial charge in [0.05, 0.1) is 5.69 Å². The zero-order valence-corrected chi connectivity index (χ0v) is 9.25. The fraction of sp³-hybridized carbons (Fsp3) is 0.182. The minimum absolute atomic E-state index is 0.232. The molecule has 0 radical (unpaired) electrons. The van der Waals surface area contributed by atoms with Crippen LogP contribution in [0.5, 0.6) is 5.75 Å². The topological polar surface area (TPSA) is 67.3 Å². The van der Waals surface area contributed by atoms with Crippen molar-refractivity contribution in [3.8, 4) is 11.4 Å². The molecule has 0 amide bonds. The SMILES string of the molecule is CN(C)c1cc(N)nn1-c1ccc(O)cc1. The summed E-state index contributed by atoms with van der Waals surface area (Å²) in [5, 5.41) is 13.4. The second kappa shape index (κ2) is 3.77. The lowest BCUT2D eigenvalue weighted by Crippen LogP contribution is -2.13. The Hall–Kier alpha value is -2.17. The molecule has 0 saturated carbocycles. The molecule has 5 heteroatoms. The molecule has 0 aliphatic heterocycles. The maximum Gasteiger partial charge on any atom is 0.148 e. The number of benzene rings is 1. The van der Waals surface area contributed by atoms with Gasteiger partial charge in [-0.3, -0.25) is 0 Å². The van der Waals surface area contributed by atoms with Crippen molar-refractivity contribution >= 4 is 11.6 Å². The van der Waals surface area contributed by atoms with Crippen molar-refractivity contribution in [2.45, 2.75) is 0 Å². The van der Waals surface area contributed by atoms with Crippen molar-refractivity contribution in [2.75, 3.05) is 24.7 Å². The average Bonchev–Trinajstić information content (AvgIpc) is 2.61. The van der Waals surface area contributed by atoms with E-state index in [9.17, 15) is 5.11 Å². The largest absolute Gasteiger partial charge is 0.508 e. The molecule has 84 valence electrons. The van der Waals surface area contributed by atoms with E-state index in [1.165, 1.54) is 0 Å². The third kappa shape index (κ3) is 1.79. The molecule has 0 saturated heterocycles. The highest BCUT2D eigenvalue weighted by atomic mass is 16.3. The van der Waals surface area contributed by atoms with Crippen LogP contribution in [0.15, 0.2) is 30.3 Å². The number of rotatable bonds is 2.